The number of aromatic nitrogens is 3. The topological polar surface area (TPSA) is 71.8 Å². The van der Waals surface area contributed by atoms with E-state index in [4.69, 9.17) is 0 Å². The summed E-state index contributed by atoms with van der Waals surface area (Å²) in [7, 11) is 0. The predicted molar refractivity (Wildman–Crippen MR) is 83.7 cm³/mol. The highest BCUT2D eigenvalue weighted by Crippen LogP contribution is 2.15. The maximum atomic E-state index is 12.0. The first-order valence-electron chi connectivity index (χ1n) is 7.50. The molecule has 2 aromatic rings. The summed E-state index contributed by atoms with van der Waals surface area (Å²) in [6, 6.07) is 3.77. The zero-order valence-corrected chi connectivity index (χ0v) is 12.5. The molecule has 0 radical (unpaired) electrons. The van der Waals surface area contributed by atoms with Crippen LogP contribution in [0.15, 0.2) is 23.1 Å². The average molecular weight is 287 g/mol. The van der Waals surface area contributed by atoms with Crippen LogP contribution >= 0.6 is 0 Å². The Morgan fingerprint density at radius 3 is 3.00 bits per heavy atom. The number of pyridine rings is 1. The number of hydrogen-bond acceptors (Lipinski definition) is 5. The highest BCUT2D eigenvalue weighted by atomic mass is 16.1. The van der Waals surface area contributed by atoms with Gasteiger partial charge in [0.25, 0.3) is 5.56 Å². The molecule has 1 aliphatic heterocycles. The summed E-state index contributed by atoms with van der Waals surface area (Å²) in [5, 5.41) is 7.60. The molecule has 0 bridgehead atoms. The number of anilines is 1. The molecule has 6 heteroatoms. The highest BCUT2D eigenvalue weighted by Gasteiger charge is 2.15. The molecule has 3 rings (SSSR count). The number of fused-ring (bicyclic) bond motifs is 1. The number of hydrogen-bond donors (Lipinski definition) is 2. The summed E-state index contributed by atoms with van der Waals surface area (Å²) in [5.41, 5.74) is 0.667. The minimum atomic E-state index is -0.0264. The second-order valence-electron chi connectivity index (χ2n) is 5.80. The SMILES string of the molecule is CC(C)n1c(=O)ccc2cnc(NC3CCCNC3)nc21. The summed E-state index contributed by atoms with van der Waals surface area (Å²) in [4.78, 5) is 21.0. The number of nitrogens with zero attached hydrogens (tertiary/aromatic N) is 3. The summed E-state index contributed by atoms with van der Waals surface area (Å²) in [6.45, 7) is 5.97. The zero-order valence-electron chi connectivity index (χ0n) is 12.5. The number of rotatable bonds is 3. The molecule has 21 heavy (non-hydrogen) atoms. The monoisotopic (exact) mass is 287 g/mol. The van der Waals surface area contributed by atoms with Gasteiger partial charge >= 0.3 is 0 Å². The third-order valence-corrected chi connectivity index (χ3v) is 3.81. The molecule has 3 heterocycles. The van der Waals surface area contributed by atoms with Gasteiger partial charge in [0.1, 0.15) is 5.65 Å². The van der Waals surface area contributed by atoms with Gasteiger partial charge in [0, 0.05) is 36.3 Å². The van der Waals surface area contributed by atoms with Crippen LogP contribution in [0.25, 0.3) is 11.0 Å². The van der Waals surface area contributed by atoms with Crippen LogP contribution in [0.5, 0.6) is 0 Å². The molecule has 1 atom stereocenters. The molecule has 0 spiro atoms. The van der Waals surface area contributed by atoms with Crippen molar-refractivity contribution in [1.82, 2.24) is 19.9 Å². The third-order valence-electron chi connectivity index (χ3n) is 3.81. The van der Waals surface area contributed by atoms with Crippen molar-refractivity contribution in [2.75, 3.05) is 18.4 Å². The molecule has 1 unspecified atom stereocenters. The molecular weight excluding hydrogens is 266 g/mol. The van der Waals surface area contributed by atoms with Crippen molar-refractivity contribution in [3.63, 3.8) is 0 Å². The Labute approximate surface area is 123 Å². The Hall–Kier alpha value is -1.95. The van der Waals surface area contributed by atoms with Gasteiger partial charge in [-0.15, -0.1) is 0 Å². The van der Waals surface area contributed by atoms with Crippen molar-refractivity contribution < 1.29 is 0 Å². The minimum Gasteiger partial charge on any atom is -0.350 e. The molecule has 0 aromatic carbocycles. The van der Waals surface area contributed by atoms with E-state index in [1.807, 2.05) is 13.8 Å². The van der Waals surface area contributed by atoms with Crippen molar-refractivity contribution >= 4 is 17.0 Å². The molecular formula is C15H21N5O. The Morgan fingerprint density at radius 2 is 2.29 bits per heavy atom. The fourth-order valence-corrected chi connectivity index (χ4v) is 2.76. The quantitative estimate of drug-likeness (QED) is 0.896. The minimum absolute atomic E-state index is 0.0264. The standard InChI is InChI=1S/C15H21N5O/c1-10(2)20-13(21)6-5-11-8-17-15(19-14(11)20)18-12-4-3-7-16-9-12/h5-6,8,10,12,16H,3-4,7,9H2,1-2H3,(H,17,18,19). The lowest BCUT2D eigenvalue weighted by Gasteiger charge is -2.24. The van der Waals surface area contributed by atoms with Gasteiger partial charge in [-0.05, 0) is 39.3 Å². The van der Waals surface area contributed by atoms with Gasteiger partial charge in [-0.1, -0.05) is 0 Å². The van der Waals surface area contributed by atoms with Crippen LogP contribution in [0.2, 0.25) is 0 Å². The molecule has 112 valence electrons. The van der Waals surface area contributed by atoms with Gasteiger partial charge in [0.15, 0.2) is 0 Å². The van der Waals surface area contributed by atoms with Gasteiger partial charge < -0.3 is 10.6 Å². The van der Waals surface area contributed by atoms with E-state index >= 15 is 0 Å². The molecule has 6 nitrogen and oxygen atoms in total. The van der Waals surface area contributed by atoms with Gasteiger partial charge in [0.05, 0.1) is 0 Å². The molecule has 0 saturated carbocycles. The van der Waals surface area contributed by atoms with Crippen LogP contribution in [0.3, 0.4) is 0 Å². The zero-order chi connectivity index (χ0) is 14.8. The lowest BCUT2D eigenvalue weighted by Crippen LogP contribution is -2.38. The van der Waals surface area contributed by atoms with Crippen molar-refractivity contribution in [3.8, 4) is 0 Å². The summed E-state index contributed by atoms with van der Waals surface area (Å²) in [6.07, 6.45) is 4.04. The van der Waals surface area contributed by atoms with Crippen molar-refractivity contribution in [3.05, 3.63) is 28.7 Å². The molecule has 2 aromatic heterocycles. The van der Waals surface area contributed by atoms with Crippen molar-refractivity contribution in [2.45, 2.75) is 38.8 Å². The van der Waals surface area contributed by atoms with Crippen LogP contribution in [0, 0.1) is 0 Å². The first-order valence-corrected chi connectivity index (χ1v) is 7.50. The van der Waals surface area contributed by atoms with E-state index in [2.05, 4.69) is 20.6 Å². The Bertz CT molecular complexity index is 688. The van der Waals surface area contributed by atoms with E-state index in [-0.39, 0.29) is 11.6 Å². The first-order chi connectivity index (χ1) is 10.1. The van der Waals surface area contributed by atoms with Crippen LogP contribution in [0.1, 0.15) is 32.7 Å². The summed E-state index contributed by atoms with van der Waals surface area (Å²) < 4.78 is 1.71. The van der Waals surface area contributed by atoms with Gasteiger partial charge in [-0.2, -0.15) is 4.98 Å². The van der Waals surface area contributed by atoms with Crippen LogP contribution in [-0.2, 0) is 0 Å². The maximum Gasteiger partial charge on any atom is 0.252 e. The van der Waals surface area contributed by atoms with Crippen LogP contribution in [0.4, 0.5) is 5.95 Å². The Morgan fingerprint density at radius 1 is 1.43 bits per heavy atom. The normalized spacial score (nSPS) is 19.1. The van der Waals surface area contributed by atoms with Crippen molar-refractivity contribution in [1.29, 1.82) is 0 Å². The Kier molecular flexibility index (Phi) is 3.88. The second kappa shape index (κ2) is 5.81. The fraction of sp³-hybridized carbons (Fsp3) is 0.533. The van der Waals surface area contributed by atoms with E-state index in [9.17, 15) is 4.79 Å². The molecule has 0 amide bonds. The molecule has 2 N–H and O–H groups in total. The third kappa shape index (κ3) is 2.90. The van der Waals surface area contributed by atoms with E-state index in [1.54, 1.807) is 22.9 Å². The number of piperidine rings is 1. The summed E-state index contributed by atoms with van der Waals surface area (Å²) in [5.74, 6) is 0.594. The first kappa shape index (κ1) is 14.0. The van der Waals surface area contributed by atoms with E-state index in [1.165, 1.54) is 0 Å². The predicted octanol–water partition coefficient (Wildman–Crippen LogP) is 1.54. The van der Waals surface area contributed by atoms with Crippen molar-refractivity contribution in [2.24, 2.45) is 0 Å². The van der Waals surface area contributed by atoms with E-state index < -0.39 is 0 Å². The smallest absolute Gasteiger partial charge is 0.252 e. The fourth-order valence-electron chi connectivity index (χ4n) is 2.76. The second-order valence-corrected chi connectivity index (χ2v) is 5.80. The van der Waals surface area contributed by atoms with Gasteiger partial charge in [-0.25, -0.2) is 4.98 Å². The lowest BCUT2D eigenvalue weighted by molar-refractivity contribution is 0.478. The van der Waals surface area contributed by atoms with Crippen LogP contribution in [-0.4, -0.2) is 33.7 Å². The van der Waals surface area contributed by atoms with Gasteiger partial charge in [0.2, 0.25) is 5.95 Å². The summed E-state index contributed by atoms with van der Waals surface area (Å²) >= 11 is 0. The molecule has 1 saturated heterocycles. The maximum absolute atomic E-state index is 12.0. The Balaban J connectivity index is 1.98. The molecule has 1 aliphatic rings. The van der Waals surface area contributed by atoms with Crippen LogP contribution < -0.4 is 16.2 Å². The number of nitrogens with one attached hydrogen (secondary N) is 2. The van der Waals surface area contributed by atoms with Gasteiger partial charge in [-0.3, -0.25) is 9.36 Å². The molecule has 1 fully saturated rings. The largest absolute Gasteiger partial charge is 0.350 e. The lowest BCUT2D eigenvalue weighted by atomic mass is 10.1. The highest BCUT2D eigenvalue weighted by molar-refractivity contribution is 5.75. The van der Waals surface area contributed by atoms with E-state index in [0.717, 1.165) is 31.3 Å². The van der Waals surface area contributed by atoms with E-state index in [0.29, 0.717) is 17.6 Å². The molecule has 0 aliphatic carbocycles. The average Bonchev–Trinajstić information content (AvgIpc) is 2.47.